The lowest BCUT2D eigenvalue weighted by Gasteiger charge is -2.29. The first kappa shape index (κ1) is 26.7. The van der Waals surface area contributed by atoms with Crippen LogP contribution < -0.4 is 16.0 Å². The summed E-state index contributed by atoms with van der Waals surface area (Å²) < 4.78 is 35.3. The first-order chi connectivity index (χ1) is 17.4. The van der Waals surface area contributed by atoms with Crippen molar-refractivity contribution in [3.63, 3.8) is 0 Å². The predicted octanol–water partition coefficient (Wildman–Crippen LogP) is 3.99. The highest BCUT2D eigenvalue weighted by Gasteiger charge is 2.27. The van der Waals surface area contributed by atoms with E-state index in [1.54, 1.807) is 6.33 Å². The van der Waals surface area contributed by atoms with Crippen LogP contribution in [0.4, 0.5) is 14.6 Å². The normalized spacial score (nSPS) is 20.1. The minimum Gasteiger partial charge on any atom is -0.381 e. The van der Waals surface area contributed by atoms with Crippen molar-refractivity contribution in [1.82, 2.24) is 20.2 Å². The van der Waals surface area contributed by atoms with Gasteiger partial charge in [-0.1, -0.05) is 13.3 Å². The second-order valence-corrected chi connectivity index (χ2v) is 10.2. The monoisotopic (exact) mass is 503 g/mol. The molecule has 1 aromatic heterocycles. The highest BCUT2D eigenvalue weighted by Crippen LogP contribution is 2.26. The van der Waals surface area contributed by atoms with Crippen LogP contribution in [0.25, 0.3) is 0 Å². The number of nitrogens with zero attached hydrogens (tertiary/aromatic N) is 2. The van der Waals surface area contributed by atoms with Gasteiger partial charge in [0, 0.05) is 44.1 Å². The Hall–Kier alpha value is -2.36. The maximum Gasteiger partial charge on any atom is 0.242 e. The first-order valence-electron chi connectivity index (χ1n) is 13.3. The van der Waals surface area contributed by atoms with Gasteiger partial charge in [0.1, 0.15) is 11.6 Å². The van der Waals surface area contributed by atoms with Crippen LogP contribution in [0.15, 0.2) is 24.7 Å². The van der Waals surface area contributed by atoms with Crippen LogP contribution in [-0.4, -0.2) is 53.8 Å². The summed E-state index contributed by atoms with van der Waals surface area (Å²) in [4.78, 5) is 17.5. The number of ether oxygens (including phenoxy) is 1. The number of carbonyl (C=O) groups is 1. The summed E-state index contributed by atoms with van der Waals surface area (Å²) in [5.41, 5.74) is 1.28. The van der Waals surface area contributed by atoms with Gasteiger partial charge >= 0.3 is 0 Å². The number of nitrogens with one attached hydrogen (secondary N) is 3. The summed E-state index contributed by atoms with van der Waals surface area (Å²) >= 11 is 0. The Morgan fingerprint density at radius 1 is 1.25 bits per heavy atom. The third kappa shape index (κ3) is 7.11. The Morgan fingerprint density at radius 3 is 2.83 bits per heavy atom. The minimum atomic E-state index is -0.537. The lowest BCUT2D eigenvalue weighted by atomic mass is 9.87. The fourth-order valence-electron chi connectivity index (χ4n) is 5.20. The molecule has 2 aliphatic rings. The van der Waals surface area contributed by atoms with Gasteiger partial charge in [-0.05, 0) is 75.1 Å². The molecule has 9 heteroatoms. The summed E-state index contributed by atoms with van der Waals surface area (Å²) in [6.45, 7) is 7.67. The highest BCUT2D eigenvalue weighted by atomic mass is 19.1. The van der Waals surface area contributed by atoms with E-state index < -0.39 is 17.7 Å². The minimum absolute atomic E-state index is 0.0425. The molecule has 1 aliphatic carbocycles. The number of amides is 1. The quantitative estimate of drug-likeness (QED) is 0.432. The number of hydrogen-bond acceptors (Lipinski definition) is 5. The Labute approximate surface area is 212 Å². The van der Waals surface area contributed by atoms with Crippen molar-refractivity contribution < 1.29 is 18.3 Å². The van der Waals surface area contributed by atoms with Crippen LogP contribution in [0.2, 0.25) is 0 Å². The third-order valence-electron chi connectivity index (χ3n) is 7.37. The smallest absolute Gasteiger partial charge is 0.242 e. The lowest BCUT2D eigenvalue weighted by Crippen LogP contribution is -2.48. The highest BCUT2D eigenvalue weighted by molar-refractivity contribution is 5.94. The molecular weight excluding hydrogens is 464 g/mol. The number of rotatable bonds is 11. The van der Waals surface area contributed by atoms with Crippen LogP contribution in [0.1, 0.15) is 63.1 Å². The molecule has 2 heterocycles. The first-order valence-corrected chi connectivity index (χ1v) is 13.3. The van der Waals surface area contributed by atoms with E-state index in [-0.39, 0.29) is 18.0 Å². The Balaban J connectivity index is 1.28. The van der Waals surface area contributed by atoms with E-state index in [1.165, 1.54) is 6.07 Å². The van der Waals surface area contributed by atoms with Gasteiger partial charge in [0.15, 0.2) is 5.82 Å². The number of fused-ring (bicyclic) bond motifs is 1. The average Bonchev–Trinajstić information content (AvgIpc) is 3.33. The zero-order valence-corrected chi connectivity index (χ0v) is 21.4. The molecule has 0 saturated carbocycles. The number of halogens is 2. The number of imidazole rings is 1. The largest absolute Gasteiger partial charge is 0.381 e. The van der Waals surface area contributed by atoms with Crippen molar-refractivity contribution in [3.8, 4) is 0 Å². The molecule has 0 radical (unpaired) electrons. The number of benzene rings is 1. The zero-order valence-electron chi connectivity index (χ0n) is 21.4. The summed E-state index contributed by atoms with van der Waals surface area (Å²) in [5.74, 6) is 0.00834. The molecule has 36 heavy (non-hydrogen) atoms. The molecule has 198 valence electrons. The lowest BCUT2D eigenvalue weighted by molar-refractivity contribution is -0.118. The van der Waals surface area contributed by atoms with Crippen molar-refractivity contribution in [1.29, 1.82) is 0 Å². The van der Waals surface area contributed by atoms with Crippen molar-refractivity contribution in [2.24, 2.45) is 5.92 Å². The van der Waals surface area contributed by atoms with Gasteiger partial charge in [-0.25, -0.2) is 13.8 Å². The van der Waals surface area contributed by atoms with Crippen molar-refractivity contribution in [2.45, 2.75) is 76.9 Å². The van der Waals surface area contributed by atoms with E-state index in [4.69, 9.17) is 4.74 Å². The molecule has 0 bridgehead atoms. The van der Waals surface area contributed by atoms with Gasteiger partial charge in [0.05, 0.1) is 12.4 Å². The number of aromatic nitrogens is 2. The van der Waals surface area contributed by atoms with Gasteiger partial charge in [-0.15, -0.1) is 0 Å². The molecule has 3 atom stereocenters. The molecule has 7 nitrogen and oxygen atoms in total. The van der Waals surface area contributed by atoms with E-state index in [1.807, 2.05) is 17.7 Å². The Bertz CT molecular complexity index is 1010. The number of hydrogen-bond donors (Lipinski definition) is 3. The number of aryl methyl sites for hydroxylation is 1. The van der Waals surface area contributed by atoms with Gasteiger partial charge in [-0.2, -0.15) is 0 Å². The van der Waals surface area contributed by atoms with Crippen LogP contribution in [0, 0.1) is 17.6 Å². The average molecular weight is 504 g/mol. The molecule has 2 unspecified atom stereocenters. The SMILES string of the molecule is CCC[C@H](NC1CCc2cc(F)cc(F)c2C1)C(=O)Nc1cn(C(C)CNCC2CCOCC2)cn1. The predicted molar refractivity (Wildman–Crippen MR) is 136 cm³/mol. The van der Waals surface area contributed by atoms with Crippen LogP contribution in [0.3, 0.4) is 0 Å². The van der Waals surface area contributed by atoms with Gasteiger partial charge in [-0.3, -0.25) is 4.79 Å². The Morgan fingerprint density at radius 2 is 2.06 bits per heavy atom. The fraction of sp³-hybridized carbons (Fsp3) is 0.630. The second-order valence-electron chi connectivity index (χ2n) is 10.2. The zero-order chi connectivity index (χ0) is 25.5. The summed E-state index contributed by atoms with van der Waals surface area (Å²) in [6, 6.07) is 2.11. The maximum atomic E-state index is 14.3. The van der Waals surface area contributed by atoms with Crippen LogP contribution in [-0.2, 0) is 22.4 Å². The van der Waals surface area contributed by atoms with E-state index in [0.29, 0.717) is 36.6 Å². The molecule has 1 fully saturated rings. The standard InChI is InChI=1S/C27H39F2N5O2/c1-3-4-25(32-22-6-5-20-11-21(28)12-24(29)23(20)13-22)27(35)33-26-16-34(17-31-26)18(2)14-30-15-19-7-9-36-10-8-19/h11-12,16-19,22,25,30,32H,3-10,13-15H2,1-2H3,(H,33,35)/t18?,22?,25-/m0/s1. The fourth-order valence-corrected chi connectivity index (χ4v) is 5.20. The molecule has 1 aromatic carbocycles. The molecule has 1 aliphatic heterocycles. The van der Waals surface area contributed by atoms with Gasteiger partial charge in [0.2, 0.25) is 5.91 Å². The van der Waals surface area contributed by atoms with Gasteiger partial charge < -0.3 is 25.3 Å². The third-order valence-corrected chi connectivity index (χ3v) is 7.37. The molecule has 0 spiro atoms. The molecule has 2 aromatic rings. The summed E-state index contributed by atoms with van der Waals surface area (Å²) in [6.07, 6.45) is 9.09. The van der Waals surface area contributed by atoms with Crippen LogP contribution in [0.5, 0.6) is 0 Å². The van der Waals surface area contributed by atoms with Crippen molar-refractivity contribution in [3.05, 3.63) is 47.4 Å². The van der Waals surface area contributed by atoms with Crippen molar-refractivity contribution >= 4 is 11.7 Å². The van der Waals surface area contributed by atoms with E-state index in [2.05, 4.69) is 27.9 Å². The molecule has 3 N–H and O–H groups in total. The van der Waals surface area contributed by atoms with Crippen LogP contribution >= 0.6 is 0 Å². The maximum absolute atomic E-state index is 14.3. The van der Waals surface area contributed by atoms with E-state index in [9.17, 15) is 13.6 Å². The van der Waals surface area contributed by atoms with E-state index >= 15 is 0 Å². The second kappa shape index (κ2) is 12.7. The topological polar surface area (TPSA) is 80.2 Å². The molecule has 1 amide bonds. The molecule has 1 saturated heterocycles. The summed E-state index contributed by atoms with van der Waals surface area (Å²) in [5, 5.41) is 9.92. The Kier molecular flexibility index (Phi) is 9.45. The number of anilines is 1. The summed E-state index contributed by atoms with van der Waals surface area (Å²) in [7, 11) is 0. The van der Waals surface area contributed by atoms with Gasteiger partial charge in [0.25, 0.3) is 0 Å². The molecule has 4 rings (SSSR count). The number of carbonyl (C=O) groups excluding carboxylic acids is 1. The molecular formula is C27H39F2N5O2. The van der Waals surface area contributed by atoms with E-state index in [0.717, 1.165) is 63.6 Å². The van der Waals surface area contributed by atoms with Crippen molar-refractivity contribution in [2.75, 3.05) is 31.6 Å².